The van der Waals surface area contributed by atoms with Crippen LogP contribution in [0, 0.1) is 0 Å². The standard InChI is InChI=1S/C8H6N4S/c1-3-9-4-2-7(1)11-12-8-5-10-6-13-8/h1-6H/b12-11+. The number of rotatable bonds is 2. The summed E-state index contributed by atoms with van der Waals surface area (Å²) in [7, 11) is 0. The van der Waals surface area contributed by atoms with Crippen molar-refractivity contribution in [3.05, 3.63) is 36.2 Å². The summed E-state index contributed by atoms with van der Waals surface area (Å²) in [6, 6.07) is 3.59. The summed E-state index contributed by atoms with van der Waals surface area (Å²) in [5, 5.41) is 8.80. The van der Waals surface area contributed by atoms with E-state index in [9.17, 15) is 0 Å². The highest BCUT2D eigenvalue weighted by Gasteiger charge is 1.89. The predicted octanol–water partition coefficient (Wildman–Crippen LogP) is 2.95. The van der Waals surface area contributed by atoms with Gasteiger partial charge in [0.1, 0.15) is 0 Å². The second-order valence-corrected chi connectivity index (χ2v) is 3.11. The Kier molecular flexibility index (Phi) is 2.38. The van der Waals surface area contributed by atoms with E-state index in [0.29, 0.717) is 0 Å². The Balaban J connectivity index is 2.15. The molecule has 0 bridgehead atoms. The van der Waals surface area contributed by atoms with Crippen LogP contribution in [-0.2, 0) is 0 Å². The van der Waals surface area contributed by atoms with Crippen molar-refractivity contribution in [2.75, 3.05) is 0 Å². The average Bonchev–Trinajstić information content (AvgIpc) is 2.69. The zero-order chi connectivity index (χ0) is 8.93. The minimum absolute atomic E-state index is 0.795. The lowest BCUT2D eigenvalue weighted by atomic mass is 10.4. The first kappa shape index (κ1) is 8.00. The summed E-state index contributed by atoms with van der Waals surface area (Å²) in [6.45, 7) is 0. The number of aromatic nitrogens is 2. The number of hydrogen-bond acceptors (Lipinski definition) is 5. The van der Waals surface area contributed by atoms with E-state index in [4.69, 9.17) is 0 Å². The van der Waals surface area contributed by atoms with Crippen molar-refractivity contribution < 1.29 is 0 Å². The second kappa shape index (κ2) is 3.86. The molecule has 0 amide bonds. The molecule has 0 fully saturated rings. The molecule has 0 unspecified atom stereocenters. The highest BCUT2D eigenvalue weighted by atomic mass is 32.1. The van der Waals surface area contributed by atoms with E-state index in [2.05, 4.69) is 20.2 Å². The fraction of sp³-hybridized carbons (Fsp3) is 0. The second-order valence-electron chi connectivity index (χ2n) is 2.25. The van der Waals surface area contributed by atoms with Gasteiger partial charge < -0.3 is 0 Å². The monoisotopic (exact) mass is 190 g/mol. The summed E-state index contributed by atoms with van der Waals surface area (Å²) in [5.74, 6) is 0. The largest absolute Gasteiger partial charge is 0.265 e. The first-order valence-electron chi connectivity index (χ1n) is 3.65. The first-order chi connectivity index (χ1) is 6.45. The Morgan fingerprint density at radius 3 is 2.62 bits per heavy atom. The van der Waals surface area contributed by atoms with E-state index >= 15 is 0 Å². The molecule has 0 atom stereocenters. The van der Waals surface area contributed by atoms with Crippen molar-refractivity contribution >= 4 is 22.0 Å². The third-order valence-corrected chi connectivity index (χ3v) is 2.00. The van der Waals surface area contributed by atoms with Crippen LogP contribution in [0.4, 0.5) is 10.7 Å². The molecule has 0 spiro atoms. The maximum atomic E-state index is 4.00. The Labute approximate surface area is 79.0 Å². The zero-order valence-corrected chi connectivity index (χ0v) is 7.48. The summed E-state index contributed by atoms with van der Waals surface area (Å²) >= 11 is 1.46. The Bertz CT molecular complexity index is 382. The topological polar surface area (TPSA) is 50.5 Å². The van der Waals surface area contributed by atoms with Gasteiger partial charge in [-0.15, -0.1) is 21.6 Å². The molecule has 0 aromatic carbocycles. The van der Waals surface area contributed by atoms with Gasteiger partial charge in [-0.3, -0.25) is 9.97 Å². The van der Waals surface area contributed by atoms with Crippen molar-refractivity contribution in [2.24, 2.45) is 10.2 Å². The van der Waals surface area contributed by atoms with Crippen LogP contribution in [0.3, 0.4) is 0 Å². The molecule has 2 aromatic heterocycles. The van der Waals surface area contributed by atoms with Gasteiger partial charge in [0.05, 0.1) is 17.4 Å². The molecular weight excluding hydrogens is 184 g/mol. The van der Waals surface area contributed by atoms with Crippen LogP contribution < -0.4 is 0 Å². The van der Waals surface area contributed by atoms with Crippen molar-refractivity contribution in [3.63, 3.8) is 0 Å². The first-order valence-corrected chi connectivity index (χ1v) is 4.53. The van der Waals surface area contributed by atoms with Crippen LogP contribution in [-0.4, -0.2) is 9.97 Å². The predicted molar refractivity (Wildman–Crippen MR) is 50.5 cm³/mol. The maximum Gasteiger partial charge on any atom is 0.158 e. The fourth-order valence-electron chi connectivity index (χ4n) is 0.776. The number of azo groups is 1. The molecule has 0 N–H and O–H groups in total. The summed E-state index contributed by atoms with van der Waals surface area (Å²) < 4.78 is 0. The van der Waals surface area contributed by atoms with E-state index in [1.807, 2.05) is 0 Å². The third kappa shape index (κ3) is 2.16. The third-order valence-electron chi connectivity index (χ3n) is 1.35. The van der Waals surface area contributed by atoms with Gasteiger partial charge in [0.15, 0.2) is 5.00 Å². The summed E-state index contributed by atoms with van der Waals surface area (Å²) in [5.41, 5.74) is 2.52. The molecule has 2 heterocycles. The molecule has 64 valence electrons. The van der Waals surface area contributed by atoms with Crippen LogP contribution in [0.5, 0.6) is 0 Å². The molecule has 2 aromatic rings. The van der Waals surface area contributed by atoms with Crippen molar-refractivity contribution in [1.29, 1.82) is 0 Å². The number of thiazole rings is 1. The Morgan fingerprint density at radius 1 is 1.08 bits per heavy atom. The number of hydrogen-bond donors (Lipinski definition) is 0. The smallest absolute Gasteiger partial charge is 0.158 e. The molecule has 2 rings (SSSR count). The van der Waals surface area contributed by atoms with Gasteiger partial charge in [0.25, 0.3) is 0 Å². The highest BCUT2D eigenvalue weighted by molar-refractivity contribution is 7.13. The van der Waals surface area contributed by atoms with E-state index in [0.717, 1.165) is 10.7 Å². The lowest BCUT2D eigenvalue weighted by Crippen LogP contribution is -1.65. The van der Waals surface area contributed by atoms with Crippen molar-refractivity contribution in [1.82, 2.24) is 9.97 Å². The summed E-state index contributed by atoms with van der Waals surface area (Å²) in [6.07, 6.45) is 5.04. The van der Waals surface area contributed by atoms with Crippen LogP contribution in [0.25, 0.3) is 0 Å². The zero-order valence-electron chi connectivity index (χ0n) is 6.66. The quantitative estimate of drug-likeness (QED) is 0.683. The molecule has 4 nitrogen and oxygen atoms in total. The van der Waals surface area contributed by atoms with Gasteiger partial charge in [-0.1, -0.05) is 0 Å². The number of nitrogens with zero attached hydrogens (tertiary/aromatic N) is 4. The molecule has 0 aliphatic rings. The van der Waals surface area contributed by atoms with Gasteiger partial charge in [-0.05, 0) is 12.1 Å². The highest BCUT2D eigenvalue weighted by Crippen LogP contribution is 2.20. The Morgan fingerprint density at radius 2 is 1.92 bits per heavy atom. The fourth-order valence-corrected chi connectivity index (χ4v) is 1.22. The van der Waals surface area contributed by atoms with E-state index in [1.165, 1.54) is 11.3 Å². The molecular formula is C8H6N4S. The number of pyridine rings is 1. The van der Waals surface area contributed by atoms with E-state index in [1.54, 1.807) is 36.2 Å². The van der Waals surface area contributed by atoms with Crippen LogP contribution in [0.15, 0.2) is 46.5 Å². The minimum atomic E-state index is 0.795. The van der Waals surface area contributed by atoms with Crippen LogP contribution in [0.1, 0.15) is 0 Å². The van der Waals surface area contributed by atoms with Crippen molar-refractivity contribution in [2.45, 2.75) is 0 Å². The minimum Gasteiger partial charge on any atom is -0.265 e. The molecule has 0 aliphatic carbocycles. The molecule has 0 aliphatic heterocycles. The SMILES string of the molecule is c1cc(/N=N/c2cncs2)ccn1. The lowest BCUT2D eigenvalue weighted by molar-refractivity contribution is 1.22. The molecule has 0 saturated heterocycles. The Hall–Kier alpha value is -1.62. The summed E-state index contributed by atoms with van der Waals surface area (Å²) in [4.78, 5) is 7.77. The van der Waals surface area contributed by atoms with E-state index < -0.39 is 0 Å². The maximum absolute atomic E-state index is 4.00. The average molecular weight is 190 g/mol. The van der Waals surface area contributed by atoms with Gasteiger partial charge in [-0.2, -0.15) is 0 Å². The van der Waals surface area contributed by atoms with Crippen LogP contribution in [0.2, 0.25) is 0 Å². The molecule has 13 heavy (non-hydrogen) atoms. The van der Waals surface area contributed by atoms with Crippen LogP contribution >= 0.6 is 11.3 Å². The van der Waals surface area contributed by atoms with Gasteiger partial charge in [0, 0.05) is 12.4 Å². The normalized spacial score (nSPS) is 10.8. The van der Waals surface area contributed by atoms with Crippen molar-refractivity contribution in [3.8, 4) is 0 Å². The van der Waals surface area contributed by atoms with Gasteiger partial charge >= 0.3 is 0 Å². The molecule has 0 radical (unpaired) electrons. The van der Waals surface area contributed by atoms with Gasteiger partial charge in [0.2, 0.25) is 0 Å². The molecule has 0 saturated carbocycles. The van der Waals surface area contributed by atoms with E-state index in [-0.39, 0.29) is 0 Å². The van der Waals surface area contributed by atoms with Gasteiger partial charge in [-0.25, -0.2) is 0 Å². The molecule has 5 heteroatoms. The lowest BCUT2D eigenvalue weighted by Gasteiger charge is -1.87.